The number of aromatic nitrogens is 2. The number of thioether (sulfide) groups is 1. The number of rotatable bonds is 6. The molecule has 0 amide bonds. The second kappa shape index (κ2) is 8.03. The minimum Gasteiger partial charge on any atom is -0.505 e. The van der Waals surface area contributed by atoms with Crippen molar-refractivity contribution in [3.8, 4) is 5.75 Å². The Morgan fingerprint density at radius 3 is 2.04 bits per heavy atom. The molecule has 0 unspecified atom stereocenters. The second-order valence-corrected chi connectivity index (χ2v) is 6.68. The molecule has 25 heavy (non-hydrogen) atoms. The fourth-order valence-electron chi connectivity index (χ4n) is 2.72. The molecule has 0 aliphatic heterocycles. The highest BCUT2D eigenvalue weighted by Gasteiger charge is 2.17. The van der Waals surface area contributed by atoms with Gasteiger partial charge in [-0.3, -0.25) is 9.97 Å². The standard InChI is InChI=1S/C20H21N3OS/c1-15-11-18(20(24)19(12-15)25-2)23(13-16-7-3-5-9-21-16)14-17-8-4-6-10-22-17/h3-12,24H,13-14H2,1-2H3. The number of nitrogens with zero attached hydrogens (tertiary/aromatic N) is 3. The van der Waals surface area contributed by atoms with Gasteiger partial charge in [0.15, 0.2) is 5.75 Å². The third kappa shape index (κ3) is 4.31. The number of anilines is 1. The fourth-order valence-corrected chi connectivity index (χ4v) is 3.33. The zero-order valence-electron chi connectivity index (χ0n) is 14.4. The van der Waals surface area contributed by atoms with E-state index in [4.69, 9.17) is 0 Å². The lowest BCUT2D eigenvalue weighted by Crippen LogP contribution is -2.23. The quantitative estimate of drug-likeness (QED) is 0.666. The molecule has 2 heterocycles. The molecule has 3 rings (SSSR count). The van der Waals surface area contributed by atoms with Gasteiger partial charge in [-0.25, -0.2) is 0 Å². The summed E-state index contributed by atoms with van der Waals surface area (Å²) in [6, 6.07) is 15.8. The molecule has 0 radical (unpaired) electrons. The Hall–Kier alpha value is -2.53. The van der Waals surface area contributed by atoms with Crippen molar-refractivity contribution in [2.24, 2.45) is 0 Å². The van der Waals surface area contributed by atoms with Crippen molar-refractivity contribution in [1.82, 2.24) is 9.97 Å². The monoisotopic (exact) mass is 351 g/mol. The number of benzene rings is 1. The van der Waals surface area contributed by atoms with Crippen molar-refractivity contribution < 1.29 is 5.11 Å². The van der Waals surface area contributed by atoms with E-state index < -0.39 is 0 Å². The Bertz CT molecular complexity index is 784. The van der Waals surface area contributed by atoms with Crippen LogP contribution in [0, 0.1) is 6.92 Å². The van der Waals surface area contributed by atoms with Gasteiger partial charge in [-0.05, 0) is 55.1 Å². The highest BCUT2D eigenvalue weighted by Crippen LogP contribution is 2.38. The summed E-state index contributed by atoms with van der Waals surface area (Å²) in [4.78, 5) is 11.9. The Morgan fingerprint density at radius 2 is 1.56 bits per heavy atom. The van der Waals surface area contributed by atoms with Crippen LogP contribution in [0.2, 0.25) is 0 Å². The molecule has 4 nitrogen and oxygen atoms in total. The first kappa shape index (κ1) is 17.3. The Morgan fingerprint density at radius 1 is 0.960 bits per heavy atom. The van der Waals surface area contributed by atoms with Crippen LogP contribution in [0.25, 0.3) is 0 Å². The summed E-state index contributed by atoms with van der Waals surface area (Å²) < 4.78 is 0. The summed E-state index contributed by atoms with van der Waals surface area (Å²) in [5, 5.41) is 10.7. The van der Waals surface area contributed by atoms with E-state index in [1.807, 2.05) is 61.7 Å². The molecule has 0 saturated carbocycles. The molecule has 0 atom stereocenters. The smallest absolute Gasteiger partial charge is 0.152 e. The SMILES string of the molecule is CSc1cc(C)cc(N(Cc2ccccn2)Cc2ccccn2)c1O. The van der Waals surface area contributed by atoms with Crippen LogP contribution < -0.4 is 4.90 Å². The maximum atomic E-state index is 10.7. The normalized spacial score (nSPS) is 10.6. The van der Waals surface area contributed by atoms with Crippen LogP contribution in [0.3, 0.4) is 0 Å². The average molecular weight is 351 g/mol. The van der Waals surface area contributed by atoms with E-state index in [0.717, 1.165) is 27.5 Å². The van der Waals surface area contributed by atoms with Gasteiger partial charge in [0.2, 0.25) is 0 Å². The van der Waals surface area contributed by atoms with Gasteiger partial charge in [0.05, 0.1) is 35.1 Å². The molecule has 3 aromatic rings. The molecule has 0 bridgehead atoms. The molecule has 1 aromatic carbocycles. The van der Waals surface area contributed by atoms with Gasteiger partial charge in [-0.1, -0.05) is 12.1 Å². The van der Waals surface area contributed by atoms with Crippen molar-refractivity contribution in [2.45, 2.75) is 24.9 Å². The first-order valence-corrected chi connectivity index (χ1v) is 9.32. The lowest BCUT2D eigenvalue weighted by molar-refractivity contribution is 0.460. The van der Waals surface area contributed by atoms with Crippen molar-refractivity contribution in [3.05, 3.63) is 77.9 Å². The third-order valence-corrected chi connectivity index (χ3v) is 4.67. The number of hydrogen-bond acceptors (Lipinski definition) is 5. The molecule has 2 aromatic heterocycles. The third-order valence-electron chi connectivity index (χ3n) is 3.92. The van der Waals surface area contributed by atoms with E-state index in [1.165, 1.54) is 0 Å². The van der Waals surface area contributed by atoms with Crippen molar-refractivity contribution in [1.29, 1.82) is 0 Å². The van der Waals surface area contributed by atoms with Crippen LogP contribution >= 0.6 is 11.8 Å². The molecule has 0 spiro atoms. The van der Waals surface area contributed by atoms with E-state index in [9.17, 15) is 5.11 Å². The summed E-state index contributed by atoms with van der Waals surface area (Å²) in [6.07, 6.45) is 5.55. The van der Waals surface area contributed by atoms with Crippen LogP contribution in [0.15, 0.2) is 65.8 Å². The molecule has 1 N–H and O–H groups in total. The maximum absolute atomic E-state index is 10.7. The van der Waals surface area contributed by atoms with E-state index in [2.05, 4.69) is 14.9 Å². The number of phenolic OH excluding ortho intramolecular Hbond substituents is 1. The molecular formula is C20H21N3OS. The van der Waals surface area contributed by atoms with Crippen molar-refractivity contribution >= 4 is 17.4 Å². The Balaban J connectivity index is 2.00. The van der Waals surface area contributed by atoms with Gasteiger partial charge >= 0.3 is 0 Å². The number of phenols is 1. The number of aryl methyl sites for hydroxylation is 1. The summed E-state index contributed by atoms with van der Waals surface area (Å²) in [5.74, 6) is 0.310. The predicted octanol–water partition coefficient (Wildman–Crippen LogP) is 4.42. The van der Waals surface area contributed by atoms with E-state index in [-0.39, 0.29) is 0 Å². The lowest BCUT2D eigenvalue weighted by atomic mass is 10.1. The second-order valence-electron chi connectivity index (χ2n) is 5.83. The minimum atomic E-state index is 0.310. The highest BCUT2D eigenvalue weighted by atomic mass is 32.2. The van der Waals surface area contributed by atoms with Gasteiger partial charge < -0.3 is 10.0 Å². The van der Waals surface area contributed by atoms with Crippen LogP contribution in [-0.2, 0) is 13.1 Å². The minimum absolute atomic E-state index is 0.310. The summed E-state index contributed by atoms with van der Waals surface area (Å²) >= 11 is 1.55. The van der Waals surface area contributed by atoms with Crippen LogP contribution in [-0.4, -0.2) is 21.3 Å². The van der Waals surface area contributed by atoms with E-state index in [1.54, 1.807) is 24.2 Å². The first-order valence-electron chi connectivity index (χ1n) is 8.09. The molecule has 5 heteroatoms. The van der Waals surface area contributed by atoms with Gasteiger partial charge in [-0.15, -0.1) is 11.8 Å². The van der Waals surface area contributed by atoms with Gasteiger partial charge in [-0.2, -0.15) is 0 Å². The van der Waals surface area contributed by atoms with Gasteiger partial charge in [0, 0.05) is 12.4 Å². The molecule has 0 saturated heterocycles. The number of hydrogen-bond donors (Lipinski definition) is 1. The summed E-state index contributed by atoms with van der Waals surface area (Å²) in [6.45, 7) is 3.24. The van der Waals surface area contributed by atoms with E-state index >= 15 is 0 Å². The fraction of sp³-hybridized carbons (Fsp3) is 0.200. The zero-order chi connectivity index (χ0) is 17.6. The molecule has 0 aliphatic carbocycles. The average Bonchev–Trinajstić information content (AvgIpc) is 2.64. The first-order chi connectivity index (χ1) is 12.2. The van der Waals surface area contributed by atoms with E-state index in [0.29, 0.717) is 18.8 Å². The van der Waals surface area contributed by atoms with Gasteiger partial charge in [0.25, 0.3) is 0 Å². The highest BCUT2D eigenvalue weighted by molar-refractivity contribution is 7.98. The van der Waals surface area contributed by atoms with Crippen LogP contribution in [0.5, 0.6) is 5.75 Å². The molecule has 0 aliphatic rings. The van der Waals surface area contributed by atoms with Crippen LogP contribution in [0.1, 0.15) is 17.0 Å². The summed E-state index contributed by atoms with van der Waals surface area (Å²) in [7, 11) is 0. The Labute approximate surface area is 152 Å². The lowest BCUT2D eigenvalue weighted by Gasteiger charge is -2.26. The zero-order valence-corrected chi connectivity index (χ0v) is 15.2. The van der Waals surface area contributed by atoms with Gasteiger partial charge in [0.1, 0.15) is 0 Å². The largest absolute Gasteiger partial charge is 0.505 e. The number of aromatic hydroxyl groups is 1. The summed E-state index contributed by atoms with van der Waals surface area (Å²) in [5.41, 5.74) is 3.82. The topological polar surface area (TPSA) is 49.2 Å². The van der Waals surface area contributed by atoms with Crippen LogP contribution in [0.4, 0.5) is 5.69 Å². The molecule has 128 valence electrons. The predicted molar refractivity (Wildman–Crippen MR) is 103 cm³/mol. The maximum Gasteiger partial charge on any atom is 0.152 e. The molecule has 0 fully saturated rings. The molecular weight excluding hydrogens is 330 g/mol. The number of pyridine rings is 2. The van der Waals surface area contributed by atoms with Crippen molar-refractivity contribution in [2.75, 3.05) is 11.2 Å². The Kier molecular flexibility index (Phi) is 5.56. The van der Waals surface area contributed by atoms with Crippen molar-refractivity contribution in [3.63, 3.8) is 0 Å².